The first-order valence-electron chi connectivity index (χ1n) is 6.91. The lowest BCUT2D eigenvalue weighted by Gasteiger charge is -2.05. The molecule has 2 N–H and O–H groups in total. The smallest absolute Gasteiger partial charge is 0.356 e. The Hall–Kier alpha value is -3.01. The number of nitrogens with one attached hydrogen (secondary N) is 2. The second-order valence-electron chi connectivity index (χ2n) is 4.92. The predicted octanol–water partition coefficient (Wildman–Crippen LogP) is 3.02. The van der Waals surface area contributed by atoms with Crippen molar-refractivity contribution in [3.05, 3.63) is 58.9 Å². The molecule has 24 heavy (non-hydrogen) atoms. The van der Waals surface area contributed by atoms with Crippen molar-refractivity contribution in [1.82, 2.24) is 10.3 Å². The van der Waals surface area contributed by atoms with E-state index in [1.165, 1.54) is 31.3 Å². The van der Waals surface area contributed by atoms with Crippen molar-refractivity contribution >= 4 is 11.7 Å². The summed E-state index contributed by atoms with van der Waals surface area (Å²) in [5, 5.41) is 2.49. The van der Waals surface area contributed by atoms with Crippen LogP contribution in [0.1, 0.15) is 38.9 Å². The molecule has 124 valence electrons. The fourth-order valence-electron chi connectivity index (χ4n) is 1.87. The maximum Gasteiger partial charge on any atom is 0.416 e. The zero-order chi connectivity index (χ0) is 17.7. The lowest BCUT2D eigenvalue weighted by molar-refractivity contribution is -0.137. The van der Waals surface area contributed by atoms with E-state index in [0.29, 0.717) is 5.56 Å². The molecule has 0 aliphatic carbocycles. The van der Waals surface area contributed by atoms with Crippen LogP contribution in [0.2, 0.25) is 0 Å². The van der Waals surface area contributed by atoms with Crippen LogP contribution in [0, 0.1) is 11.8 Å². The van der Waals surface area contributed by atoms with Gasteiger partial charge in [-0.15, -0.1) is 0 Å². The fourth-order valence-corrected chi connectivity index (χ4v) is 1.87. The van der Waals surface area contributed by atoms with Gasteiger partial charge in [-0.2, -0.15) is 13.2 Å². The molecule has 1 aromatic heterocycles. The second kappa shape index (κ2) is 7.04. The number of H-pyrrole nitrogens is 1. The number of hydrogen-bond donors (Lipinski definition) is 2. The molecular weight excluding hydrogens is 321 g/mol. The van der Waals surface area contributed by atoms with E-state index < -0.39 is 17.6 Å². The first kappa shape index (κ1) is 17.3. The summed E-state index contributed by atoms with van der Waals surface area (Å²) in [6, 6.07) is 6.05. The van der Waals surface area contributed by atoms with Gasteiger partial charge in [-0.05, 0) is 31.2 Å². The number of rotatable bonds is 3. The number of Topliss-reactive ketones (excluding diaryl/α,β-unsaturated/α-hetero) is 1. The van der Waals surface area contributed by atoms with Gasteiger partial charge in [-0.1, -0.05) is 17.9 Å². The number of alkyl halides is 3. The number of benzene rings is 1. The van der Waals surface area contributed by atoms with Crippen LogP contribution < -0.4 is 5.32 Å². The van der Waals surface area contributed by atoms with E-state index in [0.717, 1.165) is 12.1 Å². The van der Waals surface area contributed by atoms with Gasteiger partial charge in [0.15, 0.2) is 5.78 Å². The third-order valence-corrected chi connectivity index (χ3v) is 3.09. The molecule has 1 amide bonds. The van der Waals surface area contributed by atoms with Crippen molar-refractivity contribution in [1.29, 1.82) is 0 Å². The Morgan fingerprint density at radius 2 is 2.00 bits per heavy atom. The summed E-state index contributed by atoms with van der Waals surface area (Å²) in [5.41, 5.74) is 0.0237. The summed E-state index contributed by atoms with van der Waals surface area (Å²) in [7, 11) is 0. The largest absolute Gasteiger partial charge is 0.416 e. The molecule has 4 nitrogen and oxygen atoms in total. The predicted molar refractivity (Wildman–Crippen MR) is 81.5 cm³/mol. The molecule has 0 aliphatic heterocycles. The van der Waals surface area contributed by atoms with Crippen LogP contribution in [-0.4, -0.2) is 23.2 Å². The summed E-state index contributed by atoms with van der Waals surface area (Å²) in [6.07, 6.45) is -3.00. The Labute approximate surface area is 136 Å². The monoisotopic (exact) mass is 334 g/mol. The molecule has 2 aromatic rings. The molecule has 1 aromatic carbocycles. The van der Waals surface area contributed by atoms with Crippen molar-refractivity contribution in [2.45, 2.75) is 13.1 Å². The van der Waals surface area contributed by atoms with E-state index in [-0.39, 0.29) is 23.6 Å². The van der Waals surface area contributed by atoms with Gasteiger partial charge in [-0.25, -0.2) is 0 Å². The van der Waals surface area contributed by atoms with Crippen molar-refractivity contribution in [2.75, 3.05) is 6.54 Å². The van der Waals surface area contributed by atoms with Gasteiger partial charge in [0.05, 0.1) is 12.1 Å². The summed E-state index contributed by atoms with van der Waals surface area (Å²) in [4.78, 5) is 25.6. The van der Waals surface area contributed by atoms with Crippen LogP contribution in [0.5, 0.6) is 0 Å². The SMILES string of the molecule is CC(=O)c1c[nH]c(C(=O)NCC#Cc2cccc(C(F)(F)F)c2)c1. The molecule has 0 spiro atoms. The molecular formula is C17H13F3N2O2. The Morgan fingerprint density at radius 1 is 1.25 bits per heavy atom. The fraction of sp³-hybridized carbons (Fsp3) is 0.176. The molecule has 0 saturated heterocycles. The zero-order valence-corrected chi connectivity index (χ0v) is 12.6. The van der Waals surface area contributed by atoms with Crippen LogP contribution in [0.15, 0.2) is 36.5 Å². The highest BCUT2D eigenvalue weighted by atomic mass is 19.4. The summed E-state index contributed by atoms with van der Waals surface area (Å²) in [5.74, 6) is 4.51. The van der Waals surface area contributed by atoms with Gasteiger partial charge in [0.25, 0.3) is 5.91 Å². The van der Waals surface area contributed by atoms with Crippen molar-refractivity contribution in [2.24, 2.45) is 0 Å². The number of aromatic nitrogens is 1. The molecule has 7 heteroatoms. The van der Waals surface area contributed by atoms with Crippen LogP contribution in [0.25, 0.3) is 0 Å². The summed E-state index contributed by atoms with van der Waals surface area (Å²) < 4.78 is 37.7. The highest BCUT2D eigenvalue weighted by molar-refractivity contribution is 5.99. The minimum absolute atomic E-state index is 0.0382. The highest BCUT2D eigenvalue weighted by Gasteiger charge is 2.30. The van der Waals surface area contributed by atoms with Gasteiger partial charge >= 0.3 is 6.18 Å². The van der Waals surface area contributed by atoms with E-state index in [4.69, 9.17) is 0 Å². The normalized spacial score (nSPS) is 10.7. The Kier molecular flexibility index (Phi) is 5.09. The van der Waals surface area contributed by atoms with E-state index >= 15 is 0 Å². The first-order valence-corrected chi connectivity index (χ1v) is 6.91. The van der Waals surface area contributed by atoms with E-state index in [9.17, 15) is 22.8 Å². The molecule has 1 heterocycles. The van der Waals surface area contributed by atoms with E-state index in [2.05, 4.69) is 22.1 Å². The number of ketones is 1. The number of aromatic amines is 1. The highest BCUT2D eigenvalue weighted by Crippen LogP contribution is 2.29. The minimum Gasteiger partial charge on any atom is -0.356 e. The van der Waals surface area contributed by atoms with Crippen LogP contribution >= 0.6 is 0 Å². The standard InChI is InChI=1S/C17H13F3N2O2/c1-11(23)13-9-15(22-10-13)16(24)21-7-3-5-12-4-2-6-14(8-12)17(18,19)20/h2,4,6,8-10,22H,7H2,1H3,(H,21,24). The van der Waals surface area contributed by atoms with Gasteiger partial charge in [0.1, 0.15) is 5.69 Å². The molecule has 0 atom stereocenters. The summed E-state index contributed by atoms with van der Waals surface area (Å²) in [6.45, 7) is 1.34. The van der Waals surface area contributed by atoms with Crippen LogP contribution in [0.3, 0.4) is 0 Å². The van der Waals surface area contributed by atoms with Crippen molar-refractivity contribution in [3.63, 3.8) is 0 Å². The van der Waals surface area contributed by atoms with E-state index in [1.807, 2.05) is 0 Å². The van der Waals surface area contributed by atoms with Gasteiger partial charge in [-0.3, -0.25) is 9.59 Å². The second-order valence-corrected chi connectivity index (χ2v) is 4.92. The van der Waals surface area contributed by atoms with Gasteiger partial charge < -0.3 is 10.3 Å². The third-order valence-electron chi connectivity index (χ3n) is 3.09. The van der Waals surface area contributed by atoms with Gasteiger partial charge in [0, 0.05) is 17.3 Å². The van der Waals surface area contributed by atoms with Crippen LogP contribution in [-0.2, 0) is 6.18 Å². The quantitative estimate of drug-likeness (QED) is 0.669. The summed E-state index contributed by atoms with van der Waals surface area (Å²) >= 11 is 0. The Morgan fingerprint density at radius 3 is 2.62 bits per heavy atom. The average molecular weight is 334 g/mol. The van der Waals surface area contributed by atoms with Crippen LogP contribution in [0.4, 0.5) is 13.2 Å². The lowest BCUT2D eigenvalue weighted by atomic mass is 10.1. The Balaban J connectivity index is 1.96. The number of amides is 1. The molecule has 0 saturated carbocycles. The van der Waals surface area contributed by atoms with Crippen molar-refractivity contribution < 1.29 is 22.8 Å². The molecule has 0 bridgehead atoms. The van der Waals surface area contributed by atoms with Crippen molar-refractivity contribution in [3.8, 4) is 11.8 Å². The average Bonchev–Trinajstić information content (AvgIpc) is 3.01. The Bertz CT molecular complexity index is 826. The number of carbonyl (C=O) groups excluding carboxylic acids is 2. The third kappa shape index (κ3) is 4.49. The maximum atomic E-state index is 12.6. The molecule has 0 unspecified atom stereocenters. The minimum atomic E-state index is -4.42. The van der Waals surface area contributed by atoms with Gasteiger partial charge in [0.2, 0.25) is 0 Å². The van der Waals surface area contributed by atoms with E-state index in [1.54, 1.807) is 0 Å². The molecule has 2 rings (SSSR count). The number of hydrogen-bond acceptors (Lipinski definition) is 2. The zero-order valence-electron chi connectivity index (χ0n) is 12.6. The molecule has 0 fully saturated rings. The molecule has 0 aliphatic rings. The maximum absolute atomic E-state index is 12.6. The number of carbonyl (C=O) groups is 2. The molecule has 0 radical (unpaired) electrons. The topological polar surface area (TPSA) is 62.0 Å². The number of halogens is 3. The first-order chi connectivity index (χ1) is 11.3. The lowest BCUT2D eigenvalue weighted by Crippen LogP contribution is -2.23.